The standard InChI is InChI=1S/C64H125N2O7P/c1-7-10-13-16-19-22-25-27-28-29-30-31-32-33-34-35-36-37-38-39-42-45-48-51-54-57-64(68)73-62(55-52-49-46-43-41-26-23-20-17-14-11-8-2)61(60-72-74(69,70)71-59-58-66(4,5)6)65-63(67)56-53-50-47-44-40-24-21-18-15-12-9-3/h18,21,52,55,61-62H,7-17,19-20,22-51,53-54,56-60H2,1-6H3,(H-,65,67,69,70)/p+1/b21-18-,55-52-. The molecule has 10 heteroatoms. The predicted octanol–water partition coefficient (Wildman–Crippen LogP) is 19.7. The summed E-state index contributed by atoms with van der Waals surface area (Å²) in [6, 6.07) is -0.846. The van der Waals surface area contributed by atoms with Crippen molar-refractivity contribution < 1.29 is 37.3 Å². The molecule has 0 bridgehead atoms. The second-order valence-electron chi connectivity index (χ2n) is 23.3. The maximum absolute atomic E-state index is 13.5. The summed E-state index contributed by atoms with van der Waals surface area (Å²) in [6.07, 6.45) is 64.8. The first-order valence-corrected chi connectivity index (χ1v) is 33.7. The number of amides is 1. The lowest BCUT2D eigenvalue weighted by molar-refractivity contribution is -0.870. The number of hydrogen-bond donors (Lipinski definition) is 2. The average molecular weight is 1070 g/mol. The molecule has 0 heterocycles. The first-order chi connectivity index (χ1) is 35.9. The van der Waals surface area contributed by atoms with Crippen LogP contribution in [0.25, 0.3) is 0 Å². The molecule has 74 heavy (non-hydrogen) atoms. The Morgan fingerprint density at radius 2 is 0.797 bits per heavy atom. The summed E-state index contributed by atoms with van der Waals surface area (Å²) < 4.78 is 30.7. The van der Waals surface area contributed by atoms with Gasteiger partial charge in [-0.3, -0.25) is 18.6 Å². The zero-order valence-corrected chi connectivity index (χ0v) is 51.0. The minimum absolute atomic E-state index is 0.0419. The van der Waals surface area contributed by atoms with Crippen LogP contribution in [-0.2, 0) is 27.9 Å². The van der Waals surface area contributed by atoms with Crippen molar-refractivity contribution in [2.75, 3.05) is 40.9 Å². The van der Waals surface area contributed by atoms with E-state index in [1.54, 1.807) is 0 Å². The highest BCUT2D eigenvalue weighted by atomic mass is 31.2. The second-order valence-corrected chi connectivity index (χ2v) is 24.7. The van der Waals surface area contributed by atoms with Crippen LogP contribution in [0.2, 0.25) is 0 Å². The Morgan fingerprint density at radius 1 is 0.459 bits per heavy atom. The molecule has 0 saturated heterocycles. The number of esters is 1. The van der Waals surface area contributed by atoms with E-state index in [4.69, 9.17) is 13.8 Å². The van der Waals surface area contributed by atoms with Crippen LogP contribution in [-0.4, -0.2) is 74.3 Å². The lowest BCUT2D eigenvalue weighted by atomic mass is 10.0. The van der Waals surface area contributed by atoms with Crippen molar-refractivity contribution >= 4 is 19.7 Å². The molecule has 0 aliphatic rings. The number of phosphoric ester groups is 1. The average Bonchev–Trinajstić information content (AvgIpc) is 3.36. The molecule has 0 aliphatic heterocycles. The summed E-state index contributed by atoms with van der Waals surface area (Å²) in [5, 5.41) is 3.05. The number of quaternary nitrogens is 1. The zero-order chi connectivity index (χ0) is 54.3. The number of nitrogens with zero attached hydrogens (tertiary/aromatic N) is 1. The summed E-state index contributed by atoms with van der Waals surface area (Å²) in [7, 11) is 1.50. The van der Waals surface area contributed by atoms with E-state index >= 15 is 0 Å². The Kier molecular flexibility index (Phi) is 53.7. The van der Waals surface area contributed by atoms with E-state index in [-0.39, 0.29) is 25.1 Å². The predicted molar refractivity (Wildman–Crippen MR) is 319 cm³/mol. The highest BCUT2D eigenvalue weighted by Gasteiger charge is 2.30. The molecule has 0 aromatic rings. The summed E-state index contributed by atoms with van der Waals surface area (Å²) >= 11 is 0. The second kappa shape index (κ2) is 54.8. The molecular formula is C64H126N2O7P+. The Balaban J connectivity index is 4.99. The van der Waals surface area contributed by atoms with Crippen LogP contribution in [0.5, 0.6) is 0 Å². The van der Waals surface area contributed by atoms with Gasteiger partial charge in [-0.15, -0.1) is 0 Å². The quantitative estimate of drug-likeness (QED) is 0.0205. The fourth-order valence-corrected chi connectivity index (χ4v) is 10.4. The van der Waals surface area contributed by atoms with Gasteiger partial charge in [-0.1, -0.05) is 283 Å². The molecule has 3 atom stereocenters. The lowest BCUT2D eigenvalue weighted by Gasteiger charge is -2.27. The van der Waals surface area contributed by atoms with Crippen molar-refractivity contribution in [1.82, 2.24) is 5.32 Å². The SMILES string of the molecule is CCCC/C=C\CCCCCCCC(=O)NC(COP(=O)(O)OCC[N+](C)(C)C)C(/C=C\CCCCCCCCCCCC)OC(=O)CCCCCCCCCCCCCCCCCCCCCCCCCCC. The number of allylic oxidation sites excluding steroid dienone is 3. The van der Waals surface area contributed by atoms with E-state index in [9.17, 15) is 19.0 Å². The molecule has 0 aromatic heterocycles. The fraction of sp³-hybridized carbons (Fsp3) is 0.906. The van der Waals surface area contributed by atoms with Gasteiger partial charge in [0, 0.05) is 12.8 Å². The van der Waals surface area contributed by atoms with Crippen molar-refractivity contribution in [3.63, 3.8) is 0 Å². The number of likely N-dealkylation sites (N-methyl/N-ethyl adjacent to an activating group) is 1. The number of unbranched alkanes of at least 4 members (excludes halogenated alkanes) is 41. The zero-order valence-electron chi connectivity index (χ0n) is 50.1. The third kappa shape index (κ3) is 55.3. The minimum Gasteiger partial charge on any atom is -0.456 e. The Hall–Kier alpha value is -1.51. The van der Waals surface area contributed by atoms with E-state index < -0.39 is 20.0 Å². The molecule has 0 saturated carbocycles. The first-order valence-electron chi connectivity index (χ1n) is 32.2. The number of carbonyl (C=O) groups excluding carboxylic acids is 2. The van der Waals surface area contributed by atoms with Crippen LogP contribution in [0.15, 0.2) is 24.3 Å². The number of hydrogen-bond acceptors (Lipinski definition) is 6. The van der Waals surface area contributed by atoms with E-state index in [2.05, 4.69) is 38.2 Å². The number of phosphoric acid groups is 1. The van der Waals surface area contributed by atoms with Gasteiger partial charge in [0.15, 0.2) is 0 Å². The molecule has 438 valence electrons. The lowest BCUT2D eigenvalue weighted by Crippen LogP contribution is -2.47. The molecular weight excluding hydrogens is 940 g/mol. The van der Waals surface area contributed by atoms with Crippen LogP contribution >= 0.6 is 7.82 Å². The Bertz CT molecular complexity index is 1320. The van der Waals surface area contributed by atoms with E-state index in [0.29, 0.717) is 23.9 Å². The third-order valence-corrected chi connectivity index (χ3v) is 15.6. The van der Waals surface area contributed by atoms with Gasteiger partial charge in [0.05, 0.1) is 33.8 Å². The van der Waals surface area contributed by atoms with Crippen molar-refractivity contribution in [3.05, 3.63) is 24.3 Å². The van der Waals surface area contributed by atoms with Gasteiger partial charge in [-0.05, 0) is 51.0 Å². The number of rotatable bonds is 59. The van der Waals surface area contributed by atoms with Crippen molar-refractivity contribution in [2.45, 2.75) is 335 Å². The maximum Gasteiger partial charge on any atom is 0.472 e. The van der Waals surface area contributed by atoms with Crippen LogP contribution < -0.4 is 5.32 Å². The van der Waals surface area contributed by atoms with Gasteiger partial charge in [-0.25, -0.2) is 4.57 Å². The summed E-state index contributed by atoms with van der Waals surface area (Å²) in [4.78, 5) is 37.6. The van der Waals surface area contributed by atoms with Gasteiger partial charge in [0.2, 0.25) is 5.91 Å². The normalized spacial score (nSPS) is 13.8. The van der Waals surface area contributed by atoms with Crippen LogP contribution in [0, 0.1) is 0 Å². The van der Waals surface area contributed by atoms with Crippen molar-refractivity contribution in [2.24, 2.45) is 0 Å². The molecule has 1 amide bonds. The molecule has 0 radical (unpaired) electrons. The molecule has 0 fully saturated rings. The largest absolute Gasteiger partial charge is 0.472 e. The maximum atomic E-state index is 13.5. The summed E-state index contributed by atoms with van der Waals surface area (Å²) in [5.74, 6) is -0.501. The molecule has 0 aromatic carbocycles. The Labute approximate surface area is 460 Å². The number of ether oxygens (including phenoxy) is 1. The highest BCUT2D eigenvalue weighted by molar-refractivity contribution is 7.47. The molecule has 3 unspecified atom stereocenters. The highest BCUT2D eigenvalue weighted by Crippen LogP contribution is 2.43. The number of carbonyl (C=O) groups is 2. The monoisotopic (exact) mass is 1070 g/mol. The van der Waals surface area contributed by atoms with E-state index in [0.717, 1.165) is 83.5 Å². The smallest absolute Gasteiger partial charge is 0.456 e. The molecule has 0 aliphatic carbocycles. The van der Waals surface area contributed by atoms with Crippen molar-refractivity contribution in [1.29, 1.82) is 0 Å². The van der Waals surface area contributed by atoms with Crippen LogP contribution in [0.1, 0.15) is 323 Å². The number of nitrogens with one attached hydrogen (secondary N) is 1. The summed E-state index contributed by atoms with van der Waals surface area (Å²) in [5.41, 5.74) is 0. The first kappa shape index (κ1) is 72.5. The summed E-state index contributed by atoms with van der Waals surface area (Å²) in [6.45, 7) is 7.01. The topological polar surface area (TPSA) is 111 Å². The minimum atomic E-state index is -4.44. The molecule has 0 spiro atoms. The van der Waals surface area contributed by atoms with Gasteiger partial charge >= 0.3 is 13.8 Å². The Morgan fingerprint density at radius 3 is 1.19 bits per heavy atom. The third-order valence-electron chi connectivity index (χ3n) is 14.6. The van der Waals surface area contributed by atoms with Crippen molar-refractivity contribution in [3.8, 4) is 0 Å². The van der Waals surface area contributed by atoms with Crippen LogP contribution in [0.4, 0.5) is 0 Å². The van der Waals surface area contributed by atoms with Gasteiger partial charge < -0.3 is 19.4 Å². The van der Waals surface area contributed by atoms with Gasteiger partial charge in [0.25, 0.3) is 0 Å². The van der Waals surface area contributed by atoms with Crippen LogP contribution in [0.3, 0.4) is 0 Å². The van der Waals surface area contributed by atoms with E-state index in [1.807, 2.05) is 33.3 Å². The van der Waals surface area contributed by atoms with E-state index in [1.165, 1.54) is 205 Å². The van der Waals surface area contributed by atoms with Gasteiger partial charge in [-0.2, -0.15) is 0 Å². The molecule has 2 N–H and O–H groups in total. The molecule has 9 nitrogen and oxygen atoms in total. The van der Waals surface area contributed by atoms with Gasteiger partial charge in [0.1, 0.15) is 19.3 Å². The fourth-order valence-electron chi connectivity index (χ4n) is 9.63. The molecule has 0 rings (SSSR count).